The van der Waals surface area contributed by atoms with Gasteiger partial charge in [-0.25, -0.2) is 4.98 Å². The zero-order valence-corrected chi connectivity index (χ0v) is 13.7. The Morgan fingerprint density at radius 2 is 2.29 bits per heavy atom. The van der Waals surface area contributed by atoms with Gasteiger partial charge < -0.3 is 14.9 Å². The number of piperidine rings is 1. The summed E-state index contributed by atoms with van der Waals surface area (Å²) in [7, 11) is 1.71. The van der Waals surface area contributed by atoms with Crippen molar-refractivity contribution in [3.63, 3.8) is 0 Å². The summed E-state index contributed by atoms with van der Waals surface area (Å²) in [4.78, 5) is 24.3. The Labute approximate surface area is 140 Å². The third-order valence-corrected chi connectivity index (χ3v) is 4.24. The Morgan fingerprint density at radius 3 is 3.00 bits per heavy atom. The molecule has 1 N–H and O–H groups in total. The highest BCUT2D eigenvalue weighted by Gasteiger charge is 2.35. The van der Waals surface area contributed by atoms with Gasteiger partial charge in [-0.2, -0.15) is 5.10 Å². The molecule has 2 aromatic heterocycles. The molecule has 1 saturated heterocycles. The van der Waals surface area contributed by atoms with Crippen molar-refractivity contribution in [3.05, 3.63) is 37.1 Å². The first-order valence-corrected chi connectivity index (χ1v) is 8.00. The van der Waals surface area contributed by atoms with Crippen LogP contribution in [0, 0.1) is 0 Å². The summed E-state index contributed by atoms with van der Waals surface area (Å²) in [6, 6.07) is 1.78. The predicted molar refractivity (Wildman–Crippen MR) is 88.3 cm³/mol. The number of likely N-dealkylation sites (N-methyl/N-ethyl adjacent to an activating group) is 1. The highest BCUT2D eigenvalue weighted by Crippen LogP contribution is 2.25. The first kappa shape index (κ1) is 16.4. The van der Waals surface area contributed by atoms with Gasteiger partial charge in [0, 0.05) is 44.9 Å². The molecular weight excluding hydrogens is 308 g/mol. The number of amides is 1. The lowest BCUT2D eigenvalue weighted by Crippen LogP contribution is -2.55. The summed E-state index contributed by atoms with van der Waals surface area (Å²) in [6.07, 6.45) is 9.84. The molecule has 1 fully saturated rings. The van der Waals surface area contributed by atoms with E-state index in [0.717, 1.165) is 18.8 Å². The number of hydrogen-bond donors (Lipinski definition) is 1. The van der Waals surface area contributed by atoms with Crippen LogP contribution in [0.3, 0.4) is 0 Å². The first-order chi connectivity index (χ1) is 11.6. The molecule has 3 heterocycles. The summed E-state index contributed by atoms with van der Waals surface area (Å²) in [6.45, 7) is 1.72. The molecule has 1 aliphatic rings. The molecule has 0 bridgehead atoms. The molecule has 128 valence electrons. The van der Waals surface area contributed by atoms with Gasteiger partial charge in [0.05, 0.1) is 18.3 Å². The third-order valence-electron chi connectivity index (χ3n) is 4.24. The molecule has 8 nitrogen and oxygen atoms in total. The van der Waals surface area contributed by atoms with Crippen molar-refractivity contribution in [1.29, 1.82) is 0 Å². The molecule has 2 aromatic rings. The minimum atomic E-state index is -0.954. The second-order valence-corrected chi connectivity index (χ2v) is 6.27. The van der Waals surface area contributed by atoms with Gasteiger partial charge in [0.1, 0.15) is 12.4 Å². The molecule has 24 heavy (non-hydrogen) atoms. The normalized spacial score (nSPS) is 20.8. The monoisotopic (exact) mass is 330 g/mol. The van der Waals surface area contributed by atoms with Crippen LogP contribution in [0.2, 0.25) is 0 Å². The fourth-order valence-corrected chi connectivity index (χ4v) is 3.07. The first-order valence-electron chi connectivity index (χ1n) is 8.00. The Morgan fingerprint density at radius 1 is 1.42 bits per heavy atom. The van der Waals surface area contributed by atoms with Crippen molar-refractivity contribution in [3.8, 4) is 0 Å². The van der Waals surface area contributed by atoms with Crippen LogP contribution < -0.4 is 4.90 Å². The Balaban J connectivity index is 1.61. The van der Waals surface area contributed by atoms with E-state index in [2.05, 4.69) is 15.1 Å². The maximum atomic E-state index is 12.3. The maximum absolute atomic E-state index is 12.3. The number of rotatable bonds is 5. The molecule has 0 saturated carbocycles. The van der Waals surface area contributed by atoms with Crippen LogP contribution in [0.1, 0.15) is 12.8 Å². The lowest BCUT2D eigenvalue weighted by molar-refractivity contribution is -0.134. The second-order valence-electron chi connectivity index (χ2n) is 6.27. The number of anilines is 1. The van der Waals surface area contributed by atoms with Crippen molar-refractivity contribution < 1.29 is 9.90 Å². The number of nitrogens with zero attached hydrogens (tertiary/aromatic N) is 6. The Kier molecular flexibility index (Phi) is 4.75. The molecule has 3 rings (SSSR count). The van der Waals surface area contributed by atoms with E-state index < -0.39 is 5.60 Å². The summed E-state index contributed by atoms with van der Waals surface area (Å²) in [5.74, 6) is 0.671. The summed E-state index contributed by atoms with van der Waals surface area (Å²) < 4.78 is 1.58. The van der Waals surface area contributed by atoms with Gasteiger partial charge in [-0.1, -0.05) is 0 Å². The molecule has 0 radical (unpaired) electrons. The standard InChI is InChI=1S/C16H22N6O2/c1-20(15(23)11-22-9-3-5-19-22)12-16(24)4-2-8-21(13-16)14-10-17-6-7-18-14/h3,5-7,9-10,24H,2,4,8,11-13H2,1H3/t16-/m1/s1. The van der Waals surface area contributed by atoms with Gasteiger partial charge in [0.2, 0.25) is 5.91 Å². The number of carbonyl (C=O) groups excluding carboxylic acids is 1. The van der Waals surface area contributed by atoms with Crippen LogP contribution in [0.25, 0.3) is 0 Å². The van der Waals surface area contributed by atoms with Crippen LogP contribution in [-0.2, 0) is 11.3 Å². The smallest absolute Gasteiger partial charge is 0.244 e. The van der Waals surface area contributed by atoms with Gasteiger partial charge in [-0.15, -0.1) is 0 Å². The number of carbonyl (C=O) groups is 1. The van der Waals surface area contributed by atoms with Crippen LogP contribution in [0.15, 0.2) is 37.1 Å². The Bertz CT molecular complexity index is 662. The summed E-state index contributed by atoms with van der Waals surface area (Å²) >= 11 is 0. The fourth-order valence-electron chi connectivity index (χ4n) is 3.07. The molecule has 0 aliphatic carbocycles. The van der Waals surface area contributed by atoms with Crippen molar-refractivity contribution in [1.82, 2.24) is 24.6 Å². The van der Waals surface area contributed by atoms with Gasteiger partial charge in [-0.3, -0.25) is 14.5 Å². The van der Waals surface area contributed by atoms with Crippen molar-refractivity contribution >= 4 is 11.7 Å². The SMILES string of the molecule is CN(C[C@]1(O)CCCN(c2cnccn2)C1)C(=O)Cn1cccn1. The fraction of sp³-hybridized carbons (Fsp3) is 0.500. The number of β-amino-alcohol motifs (C(OH)–C–C–N with tert-alkyl or cyclic N) is 1. The van der Waals surface area contributed by atoms with Crippen molar-refractivity contribution in [2.24, 2.45) is 0 Å². The van der Waals surface area contributed by atoms with Gasteiger partial charge >= 0.3 is 0 Å². The topological polar surface area (TPSA) is 87.4 Å². The van der Waals surface area contributed by atoms with E-state index in [1.807, 2.05) is 4.90 Å². The highest BCUT2D eigenvalue weighted by molar-refractivity contribution is 5.75. The number of aromatic nitrogens is 4. The predicted octanol–water partition coefficient (Wildman–Crippen LogP) is 0.163. The average Bonchev–Trinajstić information content (AvgIpc) is 3.08. The van der Waals surface area contributed by atoms with Crippen LogP contribution in [-0.4, -0.2) is 67.9 Å². The molecule has 1 aliphatic heterocycles. The molecule has 8 heteroatoms. The molecule has 1 atom stereocenters. The van der Waals surface area contributed by atoms with Crippen LogP contribution >= 0.6 is 0 Å². The van der Waals surface area contributed by atoms with Crippen molar-refractivity contribution in [2.45, 2.75) is 25.0 Å². The second kappa shape index (κ2) is 6.96. The quantitative estimate of drug-likeness (QED) is 0.840. The van der Waals surface area contributed by atoms with Crippen LogP contribution in [0.5, 0.6) is 0 Å². The maximum Gasteiger partial charge on any atom is 0.244 e. The lowest BCUT2D eigenvalue weighted by Gasteiger charge is -2.41. The minimum absolute atomic E-state index is 0.0799. The van der Waals surface area contributed by atoms with E-state index in [4.69, 9.17) is 0 Å². The number of aliphatic hydroxyl groups is 1. The lowest BCUT2D eigenvalue weighted by atomic mass is 9.92. The van der Waals surface area contributed by atoms with E-state index in [1.165, 1.54) is 0 Å². The van der Waals surface area contributed by atoms with E-state index in [-0.39, 0.29) is 19.0 Å². The largest absolute Gasteiger partial charge is 0.386 e. The number of hydrogen-bond acceptors (Lipinski definition) is 6. The van der Waals surface area contributed by atoms with Gasteiger partial charge in [0.15, 0.2) is 0 Å². The minimum Gasteiger partial charge on any atom is -0.386 e. The van der Waals surface area contributed by atoms with Crippen molar-refractivity contribution in [2.75, 3.05) is 31.6 Å². The molecule has 0 aromatic carbocycles. The van der Waals surface area contributed by atoms with Gasteiger partial charge in [-0.05, 0) is 18.9 Å². The van der Waals surface area contributed by atoms with E-state index >= 15 is 0 Å². The molecule has 1 amide bonds. The Hall–Kier alpha value is -2.48. The van der Waals surface area contributed by atoms with Crippen LogP contribution in [0.4, 0.5) is 5.82 Å². The summed E-state index contributed by atoms with van der Waals surface area (Å²) in [5.41, 5.74) is -0.954. The zero-order valence-electron chi connectivity index (χ0n) is 13.7. The zero-order chi connectivity index (χ0) is 17.0. The molecule has 0 unspecified atom stereocenters. The average molecular weight is 330 g/mol. The molecule has 0 spiro atoms. The molecular formula is C16H22N6O2. The highest BCUT2D eigenvalue weighted by atomic mass is 16.3. The van der Waals surface area contributed by atoms with E-state index in [0.29, 0.717) is 13.0 Å². The van der Waals surface area contributed by atoms with Gasteiger partial charge in [0.25, 0.3) is 0 Å². The van der Waals surface area contributed by atoms with E-state index in [1.54, 1.807) is 53.7 Å². The third kappa shape index (κ3) is 3.88. The summed E-state index contributed by atoms with van der Waals surface area (Å²) in [5, 5.41) is 15.0. The van der Waals surface area contributed by atoms with E-state index in [9.17, 15) is 9.90 Å².